The maximum atomic E-state index is 12.1. The Morgan fingerprint density at radius 3 is 2.94 bits per heavy atom. The minimum absolute atomic E-state index is 0.0827. The maximum Gasteiger partial charge on any atom is 0.182 e. The summed E-state index contributed by atoms with van der Waals surface area (Å²) in [5, 5.41) is 0. The van der Waals surface area contributed by atoms with E-state index < -0.39 is 0 Å². The molecule has 1 aliphatic heterocycles. The molecule has 2 rings (SSSR count). The Morgan fingerprint density at radius 1 is 1.41 bits per heavy atom. The quantitative estimate of drug-likeness (QED) is 0.465. The fourth-order valence-electron chi connectivity index (χ4n) is 1.72. The summed E-state index contributed by atoms with van der Waals surface area (Å²) in [6.45, 7) is 2.28. The molecule has 0 saturated heterocycles. The predicted octanol–water partition coefficient (Wildman–Crippen LogP) is 3.13. The van der Waals surface area contributed by atoms with E-state index in [-0.39, 0.29) is 11.3 Å². The molecular weight excluding hydrogens is 234 g/mol. The molecule has 0 radical (unpaired) electrons. The van der Waals surface area contributed by atoms with E-state index in [9.17, 15) is 4.79 Å². The number of carbonyl (C=O) groups excluding carboxylic acids is 1. The maximum absolute atomic E-state index is 12.1. The van der Waals surface area contributed by atoms with Crippen LogP contribution in [0, 0.1) is 6.92 Å². The minimum Gasteiger partial charge on any atom is -0.350 e. The molecule has 1 aromatic carbocycles. The highest BCUT2D eigenvalue weighted by molar-refractivity contribution is 6.21. The standard InChI is InChI=1S/C14H14ClNO/c1-11-5-4-6-12(9-11)13(17)10-16-8-3-2-7-14(16)15/h2-9,14H,10H2,1H3. The predicted molar refractivity (Wildman–Crippen MR) is 70.1 cm³/mol. The van der Waals surface area contributed by atoms with E-state index in [1.807, 2.05) is 60.5 Å². The number of halogens is 1. The van der Waals surface area contributed by atoms with Crippen LogP contribution in [-0.2, 0) is 0 Å². The van der Waals surface area contributed by atoms with Gasteiger partial charge in [-0.2, -0.15) is 0 Å². The van der Waals surface area contributed by atoms with Gasteiger partial charge in [-0.1, -0.05) is 41.4 Å². The lowest BCUT2D eigenvalue weighted by Crippen LogP contribution is -2.31. The minimum atomic E-state index is -0.242. The molecule has 0 aliphatic carbocycles. The van der Waals surface area contributed by atoms with E-state index >= 15 is 0 Å². The monoisotopic (exact) mass is 247 g/mol. The van der Waals surface area contributed by atoms with Gasteiger partial charge in [-0.15, -0.1) is 0 Å². The molecule has 0 aromatic heterocycles. The first-order valence-electron chi connectivity index (χ1n) is 5.51. The number of carbonyl (C=O) groups is 1. The number of ketones is 1. The number of allylic oxidation sites excluding steroid dienone is 2. The van der Waals surface area contributed by atoms with Crippen LogP contribution in [0.1, 0.15) is 15.9 Å². The highest BCUT2D eigenvalue weighted by Crippen LogP contribution is 2.14. The average molecular weight is 248 g/mol. The normalized spacial score (nSPS) is 18.5. The van der Waals surface area contributed by atoms with Gasteiger partial charge in [0.1, 0.15) is 5.50 Å². The van der Waals surface area contributed by atoms with Crippen LogP contribution in [0.15, 0.2) is 48.7 Å². The highest BCUT2D eigenvalue weighted by atomic mass is 35.5. The summed E-state index contributed by atoms with van der Waals surface area (Å²) < 4.78 is 0. The van der Waals surface area contributed by atoms with E-state index in [4.69, 9.17) is 11.6 Å². The Labute approximate surface area is 106 Å². The third-order valence-corrected chi connectivity index (χ3v) is 3.04. The summed E-state index contributed by atoms with van der Waals surface area (Å²) in [7, 11) is 0. The van der Waals surface area contributed by atoms with Crippen molar-refractivity contribution in [2.24, 2.45) is 0 Å². The van der Waals surface area contributed by atoms with Gasteiger partial charge in [-0.3, -0.25) is 4.79 Å². The van der Waals surface area contributed by atoms with Gasteiger partial charge >= 0.3 is 0 Å². The molecule has 1 atom stereocenters. The van der Waals surface area contributed by atoms with Crippen LogP contribution in [0.25, 0.3) is 0 Å². The number of hydrogen-bond acceptors (Lipinski definition) is 2. The van der Waals surface area contributed by atoms with E-state index in [0.29, 0.717) is 6.54 Å². The Morgan fingerprint density at radius 2 is 2.24 bits per heavy atom. The van der Waals surface area contributed by atoms with E-state index in [2.05, 4.69) is 0 Å². The van der Waals surface area contributed by atoms with Crippen LogP contribution >= 0.6 is 11.6 Å². The number of Topliss-reactive ketones (excluding diaryl/α,β-unsaturated/α-hetero) is 1. The molecule has 0 saturated carbocycles. The summed E-state index contributed by atoms with van der Waals surface area (Å²) in [5.41, 5.74) is 1.58. The van der Waals surface area contributed by atoms with E-state index in [1.54, 1.807) is 0 Å². The summed E-state index contributed by atoms with van der Waals surface area (Å²) in [5.74, 6) is 0.0827. The molecule has 2 nitrogen and oxygen atoms in total. The first-order chi connectivity index (χ1) is 8.16. The van der Waals surface area contributed by atoms with Crippen molar-refractivity contribution in [3.63, 3.8) is 0 Å². The van der Waals surface area contributed by atoms with Crippen LogP contribution in [-0.4, -0.2) is 22.7 Å². The lowest BCUT2D eigenvalue weighted by Gasteiger charge is -2.24. The van der Waals surface area contributed by atoms with Crippen molar-refractivity contribution in [2.75, 3.05) is 6.54 Å². The van der Waals surface area contributed by atoms with Gasteiger partial charge in [0.25, 0.3) is 0 Å². The fraction of sp³-hybridized carbons (Fsp3) is 0.214. The summed E-state index contributed by atoms with van der Waals surface area (Å²) in [4.78, 5) is 13.9. The van der Waals surface area contributed by atoms with Gasteiger partial charge in [-0.25, -0.2) is 0 Å². The first kappa shape index (κ1) is 11.9. The summed E-state index contributed by atoms with van der Waals surface area (Å²) in [6.07, 6.45) is 7.45. The van der Waals surface area contributed by atoms with Crippen molar-refractivity contribution in [2.45, 2.75) is 12.4 Å². The average Bonchev–Trinajstić information content (AvgIpc) is 2.32. The van der Waals surface area contributed by atoms with Gasteiger partial charge < -0.3 is 4.90 Å². The number of alkyl halides is 1. The van der Waals surface area contributed by atoms with Crippen molar-refractivity contribution in [3.8, 4) is 0 Å². The molecule has 1 heterocycles. The van der Waals surface area contributed by atoms with Crippen molar-refractivity contribution in [1.29, 1.82) is 0 Å². The molecule has 1 aliphatic rings. The fourth-order valence-corrected chi connectivity index (χ4v) is 1.94. The highest BCUT2D eigenvalue weighted by Gasteiger charge is 2.15. The smallest absolute Gasteiger partial charge is 0.182 e. The van der Waals surface area contributed by atoms with Crippen LogP contribution in [0.3, 0.4) is 0 Å². The molecule has 1 aromatic rings. The van der Waals surface area contributed by atoms with Crippen LogP contribution in [0.5, 0.6) is 0 Å². The van der Waals surface area contributed by atoms with Crippen molar-refractivity contribution in [3.05, 3.63) is 59.8 Å². The zero-order valence-electron chi connectivity index (χ0n) is 9.64. The summed E-state index contributed by atoms with van der Waals surface area (Å²) in [6, 6.07) is 7.61. The lowest BCUT2D eigenvalue weighted by atomic mass is 10.1. The van der Waals surface area contributed by atoms with Gasteiger partial charge in [0.15, 0.2) is 5.78 Å². The second-order valence-corrected chi connectivity index (χ2v) is 4.51. The first-order valence-corrected chi connectivity index (χ1v) is 5.95. The molecular formula is C14H14ClNO. The Hall–Kier alpha value is -1.54. The summed E-state index contributed by atoms with van der Waals surface area (Å²) >= 11 is 6.08. The second-order valence-electron chi connectivity index (χ2n) is 4.06. The van der Waals surface area contributed by atoms with Crippen molar-refractivity contribution < 1.29 is 4.79 Å². The van der Waals surface area contributed by atoms with Gasteiger partial charge in [0.2, 0.25) is 0 Å². The molecule has 0 amide bonds. The Kier molecular flexibility index (Phi) is 3.64. The van der Waals surface area contributed by atoms with E-state index in [1.165, 1.54) is 0 Å². The SMILES string of the molecule is Cc1cccc(C(=O)CN2C=CC=CC2Cl)c1. The van der Waals surface area contributed by atoms with Gasteiger partial charge in [-0.05, 0) is 25.1 Å². The topological polar surface area (TPSA) is 20.3 Å². The number of benzene rings is 1. The molecule has 0 N–H and O–H groups in total. The van der Waals surface area contributed by atoms with E-state index in [0.717, 1.165) is 11.1 Å². The molecule has 3 heteroatoms. The van der Waals surface area contributed by atoms with Gasteiger partial charge in [0.05, 0.1) is 6.54 Å². The van der Waals surface area contributed by atoms with Crippen molar-refractivity contribution >= 4 is 17.4 Å². The molecule has 1 unspecified atom stereocenters. The largest absolute Gasteiger partial charge is 0.350 e. The number of aryl methyl sites for hydroxylation is 1. The number of hydrogen-bond donors (Lipinski definition) is 0. The molecule has 0 bridgehead atoms. The van der Waals surface area contributed by atoms with Crippen molar-refractivity contribution in [1.82, 2.24) is 4.90 Å². The van der Waals surface area contributed by atoms with Crippen LogP contribution < -0.4 is 0 Å². The zero-order chi connectivity index (χ0) is 12.3. The Balaban J connectivity index is 2.07. The zero-order valence-corrected chi connectivity index (χ0v) is 10.4. The lowest BCUT2D eigenvalue weighted by molar-refractivity contribution is 0.0954. The molecule has 17 heavy (non-hydrogen) atoms. The molecule has 0 fully saturated rings. The second kappa shape index (κ2) is 5.19. The number of rotatable bonds is 3. The number of nitrogens with zero attached hydrogens (tertiary/aromatic N) is 1. The van der Waals surface area contributed by atoms with Gasteiger partial charge in [0, 0.05) is 11.8 Å². The Bertz CT molecular complexity index is 479. The third kappa shape index (κ3) is 2.98. The van der Waals surface area contributed by atoms with Crippen LogP contribution in [0.4, 0.5) is 0 Å². The third-order valence-electron chi connectivity index (χ3n) is 2.64. The van der Waals surface area contributed by atoms with Crippen LogP contribution in [0.2, 0.25) is 0 Å². The molecule has 0 spiro atoms. The molecule has 88 valence electrons.